The molecule has 2 aromatic carbocycles. The molecule has 0 saturated carbocycles. The number of carbonyl (C=O) groups is 1. The van der Waals surface area contributed by atoms with Crippen molar-refractivity contribution in [2.24, 2.45) is 0 Å². The molecule has 0 aliphatic heterocycles. The van der Waals surface area contributed by atoms with E-state index < -0.39 is 0 Å². The van der Waals surface area contributed by atoms with E-state index in [1.165, 1.54) is 11.1 Å². The zero-order valence-electron chi connectivity index (χ0n) is 14.3. The summed E-state index contributed by atoms with van der Waals surface area (Å²) >= 11 is 0. The largest absolute Gasteiger partial charge is 0.497 e. The van der Waals surface area contributed by atoms with Gasteiger partial charge in [-0.05, 0) is 42.6 Å². The van der Waals surface area contributed by atoms with Gasteiger partial charge >= 0.3 is 0 Å². The Bertz CT molecular complexity index is 597. The van der Waals surface area contributed by atoms with Gasteiger partial charge in [-0.25, -0.2) is 0 Å². The maximum Gasteiger partial charge on any atom is 0.221 e. The topological polar surface area (TPSA) is 50.4 Å². The van der Waals surface area contributed by atoms with E-state index in [2.05, 4.69) is 34.9 Å². The Morgan fingerprint density at radius 3 is 2.25 bits per heavy atom. The average molecular weight is 326 g/mol. The van der Waals surface area contributed by atoms with Gasteiger partial charge in [0.1, 0.15) is 5.75 Å². The number of methoxy groups -OCH3 is 1. The molecule has 128 valence electrons. The van der Waals surface area contributed by atoms with Crippen molar-refractivity contribution in [2.45, 2.75) is 19.3 Å². The van der Waals surface area contributed by atoms with Crippen molar-refractivity contribution in [3.8, 4) is 5.75 Å². The fourth-order valence-corrected chi connectivity index (χ4v) is 2.43. The van der Waals surface area contributed by atoms with Crippen molar-refractivity contribution < 1.29 is 9.53 Å². The molecule has 2 N–H and O–H groups in total. The summed E-state index contributed by atoms with van der Waals surface area (Å²) in [5, 5.41) is 6.27. The maximum absolute atomic E-state index is 11.8. The molecule has 0 atom stereocenters. The number of rotatable bonds is 10. The predicted molar refractivity (Wildman–Crippen MR) is 97.3 cm³/mol. The summed E-state index contributed by atoms with van der Waals surface area (Å²) in [5.41, 5.74) is 2.51. The Morgan fingerprint density at radius 2 is 1.54 bits per heavy atom. The highest BCUT2D eigenvalue weighted by molar-refractivity contribution is 5.76. The summed E-state index contributed by atoms with van der Waals surface area (Å²) in [6.45, 7) is 2.26. The lowest BCUT2D eigenvalue weighted by Gasteiger charge is -2.07. The van der Waals surface area contributed by atoms with Crippen molar-refractivity contribution in [2.75, 3.05) is 26.7 Å². The van der Waals surface area contributed by atoms with Crippen LogP contribution >= 0.6 is 0 Å². The van der Waals surface area contributed by atoms with E-state index in [1.807, 2.05) is 30.3 Å². The Kier molecular flexibility index (Phi) is 7.84. The molecule has 4 nitrogen and oxygen atoms in total. The van der Waals surface area contributed by atoms with Crippen molar-refractivity contribution in [3.63, 3.8) is 0 Å². The van der Waals surface area contributed by atoms with Crippen LogP contribution in [0.4, 0.5) is 0 Å². The van der Waals surface area contributed by atoms with Crippen LogP contribution in [0.25, 0.3) is 0 Å². The summed E-state index contributed by atoms with van der Waals surface area (Å²) in [6, 6.07) is 18.3. The zero-order valence-corrected chi connectivity index (χ0v) is 14.3. The average Bonchev–Trinajstić information content (AvgIpc) is 2.63. The number of nitrogens with one attached hydrogen (secondary N) is 2. The second-order valence-electron chi connectivity index (χ2n) is 5.68. The first-order valence-electron chi connectivity index (χ1n) is 8.42. The Balaban J connectivity index is 1.51. The lowest BCUT2D eigenvalue weighted by Crippen LogP contribution is -2.29. The van der Waals surface area contributed by atoms with Crippen molar-refractivity contribution >= 4 is 5.91 Å². The smallest absolute Gasteiger partial charge is 0.221 e. The molecule has 2 aromatic rings. The molecule has 0 fully saturated rings. The van der Waals surface area contributed by atoms with Crippen molar-refractivity contribution in [1.29, 1.82) is 0 Å². The number of hydrogen-bond donors (Lipinski definition) is 2. The fourth-order valence-electron chi connectivity index (χ4n) is 2.43. The van der Waals surface area contributed by atoms with E-state index in [4.69, 9.17) is 4.74 Å². The summed E-state index contributed by atoms with van der Waals surface area (Å²) in [4.78, 5) is 11.8. The van der Waals surface area contributed by atoms with Crippen molar-refractivity contribution in [1.82, 2.24) is 10.6 Å². The third-order valence-electron chi connectivity index (χ3n) is 3.86. The van der Waals surface area contributed by atoms with Crippen LogP contribution in [-0.4, -0.2) is 32.7 Å². The van der Waals surface area contributed by atoms with Crippen LogP contribution in [0, 0.1) is 0 Å². The number of ether oxygens (including phenoxy) is 1. The van der Waals surface area contributed by atoms with Crippen molar-refractivity contribution in [3.05, 3.63) is 65.7 Å². The minimum atomic E-state index is 0.0999. The van der Waals surface area contributed by atoms with Gasteiger partial charge < -0.3 is 15.4 Å². The summed E-state index contributed by atoms with van der Waals surface area (Å²) in [5.74, 6) is 0.974. The molecular formula is C20H26N2O2. The van der Waals surface area contributed by atoms with Gasteiger partial charge in [0.25, 0.3) is 0 Å². The van der Waals surface area contributed by atoms with Gasteiger partial charge in [0.2, 0.25) is 5.91 Å². The van der Waals surface area contributed by atoms with Gasteiger partial charge in [-0.1, -0.05) is 42.5 Å². The zero-order chi connectivity index (χ0) is 17.0. The van der Waals surface area contributed by atoms with Gasteiger partial charge in [0.15, 0.2) is 0 Å². The Hall–Kier alpha value is -2.33. The van der Waals surface area contributed by atoms with Gasteiger partial charge in [-0.3, -0.25) is 4.79 Å². The van der Waals surface area contributed by atoms with E-state index in [-0.39, 0.29) is 5.91 Å². The molecule has 0 spiro atoms. The van der Waals surface area contributed by atoms with Crippen LogP contribution in [0.15, 0.2) is 54.6 Å². The summed E-state index contributed by atoms with van der Waals surface area (Å²) < 4.78 is 5.14. The molecule has 0 bridgehead atoms. The molecule has 0 unspecified atom stereocenters. The van der Waals surface area contributed by atoms with Crippen LogP contribution in [0.1, 0.15) is 17.5 Å². The summed E-state index contributed by atoms with van der Waals surface area (Å²) in [6.07, 6.45) is 2.33. The molecule has 0 aliphatic carbocycles. The lowest BCUT2D eigenvalue weighted by atomic mass is 10.1. The first-order valence-corrected chi connectivity index (χ1v) is 8.42. The quantitative estimate of drug-likeness (QED) is 0.660. The highest BCUT2D eigenvalue weighted by Gasteiger charge is 2.01. The number of amides is 1. The third-order valence-corrected chi connectivity index (χ3v) is 3.86. The van der Waals surface area contributed by atoms with Gasteiger partial charge in [0, 0.05) is 19.5 Å². The fraction of sp³-hybridized carbons (Fsp3) is 0.350. The molecule has 0 aromatic heterocycles. The minimum Gasteiger partial charge on any atom is -0.497 e. The van der Waals surface area contributed by atoms with Crippen LogP contribution in [-0.2, 0) is 17.6 Å². The first kappa shape index (κ1) is 18.0. The van der Waals surface area contributed by atoms with E-state index >= 15 is 0 Å². The van der Waals surface area contributed by atoms with Crippen LogP contribution in [0.2, 0.25) is 0 Å². The Labute approximate surface area is 144 Å². The predicted octanol–water partition coefficient (Wildman–Crippen LogP) is 2.58. The minimum absolute atomic E-state index is 0.0999. The molecule has 0 heterocycles. The molecule has 2 rings (SSSR count). The van der Waals surface area contributed by atoms with E-state index in [0.717, 1.165) is 25.1 Å². The van der Waals surface area contributed by atoms with Crippen LogP contribution < -0.4 is 15.4 Å². The molecule has 0 radical (unpaired) electrons. The maximum atomic E-state index is 11.8. The molecule has 0 saturated heterocycles. The monoisotopic (exact) mass is 326 g/mol. The Morgan fingerprint density at radius 1 is 0.875 bits per heavy atom. The molecule has 0 aliphatic rings. The third kappa shape index (κ3) is 6.84. The van der Waals surface area contributed by atoms with Crippen LogP contribution in [0.3, 0.4) is 0 Å². The van der Waals surface area contributed by atoms with E-state index in [0.29, 0.717) is 19.5 Å². The van der Waals surface area contributed by atoms with E-state index in [1.54, 1.807) is 7.11 Å². The highest BCUT2D eigenvalue weighted by atomic mass is 16.5. The van der Waals surface area contributed by atoms with Gasteiger partial charge in [0.05, 0.1) is 7.11 Å². The summed E-state index contributed by atoms with van der Waals surface area (Å²) in [7, 11) is 1.67. The number of hydrogen-bond acceptors (Lipinski definition) is 3. The molecular weight excluding hydrogens is 300 g/mol. The number of benzene rings is 2. The number of carbonyl (C=O) groups excluding carboxylic acids is 1. The molecule has 24 heavy (non-hydrogen) atoms. The van der Waals surface area contributed by atoms with E-state index in [9.17, 15) is 4.79 Å². The first-order chi connectivity index (χ1) is 11.8. The van der Waals surface area contributed by atoms with Crippen LogP contribution in [0.5, 0.6) is 5.75 Å². The SMILES string of the molecule is COc1ccc(CCNCCC(=O)NCCc2ccccc2)cc1. The normalized spacial score (nSPS) is 10.4. The lowest BCUT2D eigenvalue weighted by molar-refractivity contribution is -0.120. The molecule has 1 amide bonds. The second-order valence-corrected chi connectivity index (χ2v) is 5.68. The van der Waals surface area contributed by atoms with Gasteiger partial charge in [-0.15, -0.1) is 0 Å². The second kappa shape index (κ2) is 10.4. The van der Waals surface area contributed by atoms with Gasteiger partial charge in [-0.2, -0.15) is 0 Å². The molecule has 4 heteroatoms. The standard InChI is InChI=1S/C20H26N2O2/c1-24-19-9-7-18(8-10-19)11-14-21-15-13-20(23)22-16-12-17-5-3-2-4-6-17/h2-10,21H,11-16H2,1H3,(H,22,23). The highest BCUT2D eigenvalue weighted by Crippen LogP contribution is 2.11.